The molecule has 21 heavy (non-hydrogen) atoms. The highest BCUT2D eigenvalue weighted by Crippen LogP contribution is 2.32. The number of halogens is 3. The topological polar surface area (TPSA) is 68.0 Å². The monoisotopic (exact) mass is 315 g/mol. The van der Waals surface area contributed by atoms with Gasteiger partial charge in [-0.2, -0.15) is 13.2 Å². The number of hydrogen-bond donors (Lipinski definition) is 2. The number of amides is 1. The predicted molar refractivity (Wildman–Crippen MR) is 74.1 cm³/mol. The smallest absolute Gasteiger partial charge is 0.323 e. The van der Waals surface area contributed by atoms with Crippen LogP contribution in [0.3, 0.4) is 0 Å². The summed E-state index contributed by atoms with van der Waals surface area (Å²) < 4.78 is 38.5. The fourth-order valence-corrected chi connectivity index (χ4v) is 2.45. The molecular formula is C13H12F3N3OS. The van der Waals surface area contributed by atoms with Crippen LogP contribution < -0.4 is 11.1 Å². The van der Waals surface area contributed by atoms with Gasteiger partial charge in [0.25, 0.3) is 5.91 Å². The number of benzene rings is 1. The molecule has 0 bridgehead atoms. The van der Waals surface area contributed by atoms with Crippen LogP contribution in [0.25, 0.3) is 0 Å². The number of hydrogen-bond acceptors (Lipinski definition) is 4. The first-order valence-corrected chi connectivity index (χ1v) is 6.85. The maximum Gasteiger partial charge on any atom is 0.417 e. The third-order valence-electron chi connectivity index (χ3n) is 2.69. The number of nitrogens with one attached hydrogen (secondary N) is 1. The van der Waals surface area contributed by atoms with Crippen LogP contribution in [-0.4, -0.2) is 10.9 Å². The molecule has 1 aromatic carbocycles. The fraction of sp³-hybridized carbons (Fsp3) is 0.231. The molecule has 2 rings (SSSR count). The molecule has 0 spiro atoms. The summed E-state index contributed by atoms with van der Waals surface area (Å²) in [6, 6.07) is 4.29. The van der Waals surface area contributed by atoms with Gasteiger partial charge in [0.1, 0.15) is 0 Å². The molecule has 0 aliphatic heterocycles. The zero-order chi connectivity index (χ0) is 15.6. The highest BCUT2D eigenvalue weighted by molar-refractivity contribution is 7.14. The van der Waals surface area contributed by atoms with Crippen LogP contribution >= 0.6 is 11.3 Å². The van der Waals surface area contributed by atoms with Gasteiger partial charge in [0.15, 0.2) is 5.13 Å². The quantitative estimate of drug-likeness (QED) is 0.912. The zero-order valence-corrected chi connectivity index (χ0v) is 11.8. The number of anilines is 1. The number of rotatable bonds is 3. The lowest BCUT2D eigenvalue weighted by Crippen LogP contribution is -2.18. The van der Waals surface area contributed by atoms with Gasteiger partial charge in [-0.1, -0.05) is 12.1 Å². The van der Waals surface area contributed by atoms with Crippen molar-refractivity contribution in [3.05, 3.63) is 46.5 Å². The molecule has 0 fully saturated rings. The third-order valence-corrected chi connectivity index (χ3v) is 3.46. The maximum atomic E-state index is 12.8. The van der Waals surface area contributed by atoms with Gasteiger partial charge in [0, 0.05) is 11.4 Å². The Hall–Kier alpha value is -1.93. The van der Waals surface area contributed by atoms with Crippen molar-refractivity contribution >= 4 is 22.4 Å². The summed E-state index contributed by atoms with van der Waals surface area (Å²) in [5.41, 5.74) is 4.78. The van der Waals surface area contributed by atoms with Gasteiger partial charge in [0.05, 0.1) is 16.8 Å². The van der Waals surface area contributed by atoms with Crippen molar-refractivity contribution in [2.24, 2.45) is 5.73 Å². The summed E-state index contributed by atoms with van der Waals surface area (Å²) >= 11 is 1.11. The highest BCUT2D eigenvalue weighted by atomic mass is 32.1. The third kappa shape index (κ3) is 3.59. The number of nitrogens with zero attached hydrogens (tertiary/aromatic N) is 1. The Morgan fingerprint density at radius 2 is 2.05 bits per heavy atom. The number of alkyl halides is 3. The molecule has 1 amide bonds. The van der Waals surface area contributed by atoms with E-state index in [9.17, 15) is 18.0 Å². The van der Waals surface area contributed by atoms with Crippen molar-refractivity contribution in [3.63, 3.8) is 0 Å². The molecule has 1 atom stereocenters. The minimum atomic E-state index is -4.59. The molecular weight excluding hydrogens is 303 g/mol. The second-order valence-corrected chi connectivity index (χ2v) is 5.22. The molecule has 4 nitrogen and oxygen atoms in total. The summed E-state index contributed by atoms with van der Waals surface area (Å²) in [4.78, 5) is 16.0. The average Bonchev–Trinajstić information content (AvgIpc) is 2.86. The highest BCUT2D eigenvalue weighted by Gasteiger charge is 2.34. The first-order valence-electron chi connectivity index (χ1n) is 5.97. The molecule has 1 heterocycles. The number of carbonyl (C=O) groups excluding carboxylic acids is 1. The standard InChI is InChI=1S/C13H12F3N3OS/c1-7(17)10-6-21-12(18-10)19-11(20)8-4-2-3-5-9(8)13(14,15)16/h2-7H,17H2,1H3,(H,18,19,20). The molecule has 1 unspecified atom stereocenters. The van der Waals surface area contributed by atoms with Crippen molar-refractivity contribution in [1.29, 1.82) is 0 Å². The second kappa shape index (κ2) is 5.82. The Morgan fingerprint density at radius 1 is 1.38 bits per heavy atom. The van der Waals surface area contributed by atoms with E-state index in [2.05, 4.69) is 10.3 Å². The fourth-order valence-electron chi connectivity index (χ4n) is 1.65. The molecule has 8 heteroatoms. The molecule has 0 saturated carbocycles. The van der Waals surface area contributed by atoms with Gasteiger partial charge in [-0.3, -0.25) is 10.1 Å². The largest absolute Gasteiger partial charge is 0.417 e. The van der Waals surface area contributed by atoms with Crippen molar-refractivity contribution < 1.29 is 18.0 Å². The second-order valence-electron chi connectivity index (χ2n) is 4.36. The predicted octanol–water partition coefficient (Wildman–Crippen LogP) is 3.43. The van der Waals surface area contributed by atoms with E-state index in [0.29, 0.717) is 5.69 Å². The number of thiazole rings is 1. The first-order chi connectivity index (χ1) is 9.79. The van der Waals surface area contributed by atoms with E-state index in [1.807, 2.05) is 0 Å². The van der Waals surface area contributed by atoms with Gasteiger partial charge in [-0.15, -0.1) is 11.3 Å². The van der Waals surface area contributed by atoms with Crippen LogP contribution in [0.2, 0.25) is 0 Å². The molecule has 3 N–H and O–H groups in total. The van der Waals surface area contributed by atoms with Crippen LogP contribution in [0.1, 0.15) is 34.6 Å². The SMILES string of the molecule is CC(N)c1csc(NC(=O)c2ccccc2C(F)(F)F)n1. The van der Waals surface area contributed by atoms with Gasteiger partial charge in [-0.25, -0.2) is 4.98 Å². The minimum Gasteiger partial charge on any atom is -0.323 e. The lowest BCUT2D eigenvalue weighted by Gasteiger charge is -2.11. The molecule has 112 valence electrons. The van der Waals surface area contributed by atoms with Crippen LogP contribution in [0.4, 0.5) is 18.3 Å². The van der Waals surface area contributed by atoms with Crippen LogP contribution in [0.15, 0.2) is 29.6 Å². The van der Waals surface area contributed by atoms with Crippen molar-refractivity contribution in [2.75, 3.05) is 5.32 Å². The number of carbonyl (C=O) groups is 1. The minimum absolute atomic E-state index is 0.212. The van der Waals surface area contributed by atoms with Crippen molar-refractivity contribution in [2.45, 2.75) is 19.1 Å². The summed E-state index contributed by atoms with van der Waals surface area (Å²) in [5.74, 6) is -0.853. The molecule has 0 aliphatic rings. The molecule has 0 saturated heterocycles. The summed E-state index contributed by atoms with van der Waals surface area (Å²) in [6.07, 6.45) is -4.59. The van der Waals surface area contributed by atoms with E-state index in [1.54, 1.807) is 12.3 Å². The van der Waals surface area contributed by atoms with Crippen molar-refractivity contribution in [3.8, 4) is 0 Å². The summed E-state index contributed by atoms with van der Waals surface area (Å²) in [5, 5.41) is 4.22. The number of nitrogens with two attached hydrogens (primary N) is 1. The van der Waals surface area contributed by atoms with Crippen LogP contribution in [-0.2, 0) is 6.18 Å². The van der Waals surface area contributed by atoms with E-state index >= 15 is 0 Å². The zero-order valence-electron chi connectivity index (χ0n) is 10.9. The van der Waals surface area contributed by atoms with Gasteiger partial charge in [-0.05, 0) is 19.1 Å². The van der Waals surface area contributed by atoms with Gasteiger partial charge < -0.3 is 5.73 Å². The summed E-state index contributed by atoms with van der Waals surface area (Å²) in [7, 11) is 0. The van der Waals surface area contributed by atoms with Gasteiger partial charge in [0.2, 0.25) is 0 Å². The Kier molecular flexibility index (Phi) is 4.29. The van der Waals surface area contributed by atoms with E-state index < -0.39 is 23.2 Å². The normalized spacial score (nSPS) is 13.0. The lowest BCUT2D eigenvalue weighted by molar-refractivity contribution is -0.137. The van der Waals surface area contributed by atoms with E-state index in [4.69, 9.17) is 5.73 Å². The average molecular weight is 315 g/mol. The van der Waals surface area contributed by atoms with Crippen LogP contribution in [0.5, 0.6) is 0 Å². The maximum absolute atomic E-state index is 12.8. The molecule has 2 aromatic rings. The van der Waals surface area contributed by atoms with E-state index in [0.717, 1.165) is 23.5 Å². The Balaban J connectivity index is 2.24. The Labute approximate surface area is 122 Å². The van der Waals surface area contributed by atoms with E-state index in [1.165, 1.54) is 12.1 Å². The summed E-state index contributed by atoms with van der Waals surface area (Å²) in [6.45, 7) is 1.72. The first kappa shape index (κ1) is 15.5. The van der Waals surface area contributed by atoms with E-state index in [-0.39, 0.29) is 11.2 Å². The molecule has 0 radical (unpaired) electrons. The van der Waals surface area contributed by atoms with Crippen LogP contribution in [0, 0.1) is 0 Å². The Morgan fingerprint density at radius 3 is 2.62 bits per heavy atom. The van der Waals surface area contributed by atoms with Gasteiger partial charge >= 0.3 is 6.18 Å². The van der Waals surface area contributed by atoms with Crippen molar-refractivity contribution in [1.82, 2.24) is 4.98 Å². The molecule has 0 aliphatic carbocycles. The Bertz CT molecular complexity index is 652. The lowest BCUT2D eigenvalue weighted by atomic mass is 10.1. The number of aromatic nitrogens is 1. The molecule has 1 aromatic heterocycles.